The second-order valence-corrected chi connectivity index (χ2v) is 10.6. The van der Waals surface area contributed by atoms with Gasteiger partial charge in [0.25, 0.3) is 5.52 Å². The molecule has 2 atom stereocenters. The minimum absolute atomic E-state index is 0.000886. The molecule has 43 heavy (non-hydrogen) atoms. The topological polar surface area (TPSA) is 104 Å². The van der Waals surface area contributed by atoms with Crippen molar-refractivity contribution >= 4 is 29.1 Å². The zero-order chi connectivity index (χ0) is 29.8. The monoisotopic (exact) mass is 575 g/mol. The summed E-state index contributed by atoms with van der Waals surface area (Å²) in [7, 11) is 0. The summed E-state index contributed by atoms with van der Waals surface area (Å²) < 4.78 is 14.6. The van der Waals surface area contributed by atoms with Crippen LogP contribution in [0.1, 0.15) is 28.1 Å². The van der Waals surface area contributed by atoms with Gasteiger partial charge in [-0.2, -0.15) is 4.57 Å². The minimum Gasteiger partial charge on any atom is -0.481 e. The first-order valence-electron chi connectivity index (χ1n) is 14.1. The highest BCUT2D eigenvalue weighted by Crippen LogP contribution is 2.32. The summed E-state index contributed by atoms with van der Waals surface area (Å²) in [6.07, 6.45) is 13.9. The lowest BCUT2D eigenvalue weighted by atomic mass is 10.0. The van der Waals surface area contributed by atoms with E-state index in [2.05, 4.69) is 15.5 Å². The molecular weight excluding hydrogens is 544 g/mol. The molecule has 2 aliphatic rings. The third-order valence-electron chi connectivity index (χ3n) is 7.52. The predicted octanol–water partition coefficient (Wildman–Crippen LogP) is 5.27. The fourth-order valence-corrected chi connectivity index (χ4v) is 5.44. The van der Waals surface area contributed by atoms with Gasteiger partial charge >= 0.3 is 17.8 Å². The van der Waals surface area contributed by atoms with E-state index in [1.165, 1.54) is 0 Å². The van der Waals surface area contributed by atoms with Crippen molar-refractivity contribution < 1.29 is 33.5 Å². The van der Waals surface area contributed by atoms with Crippen molar-refractivity contribution in [2.75, 3.05) is 0 Å². The van der Waals surface area contributed by atoms with Crippen LogP contribution in [-0.2, 0) is 40.3 Å². The smallest absolute Gasteiger partial charge is 0.374 e. The summed E-state index contributed by atoms with van der Waals surface area (Å²) in [6, 6.07) is 23.1. The molecule has 0 saturated carbocycles. The van der Waals surface area contributed by atoms with Crippen molar-refractivity contribution in [1.82, 2.24) is 4.90 Å². The van der Waals surface area contributed by atoms with Crippen molar-refractivity contribution in [3.8, 4) is 0 Å². The van der Waals surface area contributed by atoms with E-state index < -0.39 is 11.9 Å². The van der Waals surface area contributed by atoms with Gasteiger partial charge in [0.1, 0.15) is 6.10 Å². The first kappa shape index (κ1) is 27.8. The quantitative estimate of drug-likeness (QED) is 0.248. The standard InChI is InChI=1S/C35H30N2O6/c38-34(39)20-24-12-16-26(17-13-24)22-36-28-6-1-3-8-30(28)42-32(36)10-5-11-33-37(29-7-2-4-9-31(29)43-33)23-27-18-14-25(15-19-27)21-35(40)41/h1-19,28,30H,20-23H2,(H-,38,39,40,41)/p+1. The van der Waals surface area contributed by atoms with E-state index in [9.17, 15) is 9.59 Å². The van der Waals surface area contributed by atoms with Crippen LogP contribution in [0.15, 0.2) is 120 Å². The average molecular weight is 576 g/mol. The van der Waals surface area contributed by atoms with Gasteiger partial charge in [0.2, 0.25) is 5.58 Å². The Morgan fingerprint density at radius 2 is 1.44 bits per heavy atom. The van der Waals surface area contributed by atoms with Crippen molar-refractivity contribution in [2.24, 2.45) is 0 Å². The van der Waals surface area contributed by atoms with Crippen LogP contribution in [-0.4, -0.2) is 39.2 Å². The van der Waals surface area contributed by atoms with E-state index in [1.54, 1.807) is 0 Å². The Labute approximate surface area is 248 Å². The lowest BCUT2D eigenvalue weighted by Crippen LogP contribution is -2.35. The lowest BCUT2D eigenvalue weighted by Gasteiger charge is -2.24. The molecular formula is C35H31N2O6+. The van der Waals surface area contributed by atoms with Gasteiger partial charge in [-0.15, -0.1) is 0 Å². The molecule has 8 nitrogen and oxygen atoms in total. The molecule has 8 heteroatoms. The van der Waals surface area contributed by atoms with Gasteiger partial charge in [-0.05, 0) is 41.0 Å². The molecule has 0 radical (unpaired) electrons. The number of carboxylic acid groups (broad SMARTS) is 2. The molecule has 1 aromatic heterocycles. The molecule has 1 fully saturated rings. The molecule has 2 N–H and O–H groups in total. The molecule has 1 aliphatic carbocycles. The van der Waals surface area contributed by atoms with Crippen LogP contribution in [0.25, 0.3) is 17.2 Å². The number of nitrogens with zero attached hydrogens (tertiary/aromatic N) is 2. The number of ether oxygens (including phenoxy) is 1. The summed E-state index contributed by atoms with van der Waals surface area (Å²) in [4.78, 5) is 24.3. The molecule has 1 aliphatic heterocycles. The first-order chi connectivity index (χ1) is 20.9. The number of rotatable bonds is 10. The Morgan fingerprint density at radius 1 is 0.814 bits per heavy atom. The van der Waals surface area contributed by atoms with Crippen LogP contribution in [0, 0.1) is 0 Å². The van der Waals surface area contributed by atoms with E-state index in [4.69, 9.17) is 19.4 Å². The number of allylic oxidation sites excluding steroid dienone is 4. The van der Waals surface area contributed by atoms with Gasteiger partial charge in [0, 0.05) is 18.2 Å². The van der Waals surface area contributed by atoms with E-state index >= 15 is 0 Å². The number of hydrogen-bond acceptors (Lipinski definition) is 5. The van der Waals surface area contributed by atoms with E-state index in [-0.39, 0.29) is 25.0 Å². The number of oxazole rings is 1. The number of para-hydroxylation sites is 2. The molecule has 2 heterocycles. The minimum atomic E-state index is -0.853. The zero-order valence-electron chi connectivity index (χ0n) is 23.4. The SMILES string of the molecule is O=C(O)Cc1ccc(CN2/C(=C/C=C/c3oc4ccccc4[n+]3Cc3ccc(CC(=O)O)cc3)OC3C=CC=CC32)cc1. The average Bonchev–Trinajstić information content (AvgIpc) is 3.52. The van der Waals surface area contributed by atoms with Crippen molar-refractivity contribution in [1.29, 1.82) is 0 Å². The van der Waals surface area contributed by atoms with Gasteiger partial charge in [-0.25, -0.2) is 0 Å². The fourth-order valence-electron chi connectivity index (χ4n) is 5.44. The van der Waals surface area contributed by atoms with E-state index in [0.717, 1.165) is 39.2 Å². The summed E-state index contributed by atoms with van der Waals surface area (Å²) in [5.74, 6) is -0.300. The van der Waals surface area contributed by atoms with Crippen molar-refractivity contribution in [3.05, 3.63) is 143 Å². The van der Waals surface area contributed by atoms with Crippen LogP contribution in [0.4, 0.5) is 0 Å². The number of carbonyl (C=O) groups is 2. The summed E-state index contributed by atoms with van der Waals surface area (Å²) in [6.45, 7) is 1.16. The molecule has 1 saturated heterocycles. The Kier molecular flexibility index (Phi) is 7.91. The Balaban J connectivity index is 1.25. The highest BCUT2D eigenvalue weighted by atomic mass is 16.5. The van der Waals surface area contributed by atoms with Gasteiger partial charge < -0.3 is 24.3 Å². The number of hydrogen-bond donors (Lipinski definition) is 2. The van der Waals surface area contributed by atoms with Gasteiger partial charge in [-0.1, -0.05) is 78.9 Å². The third kappa shape index (κ3) is 6.43. The highest BCUT2D eigenvalue weighted by Gasteiger charge is 2.36. The van der Waals surface area contributed by atoms with Crippen LogP contribution >= 0.6 is 0 Å². The molecule has 4 aromatic rings. The second kappa shape index (κ2) is 12.2. The second-order valence-electron chi connectivity index (χ2n) is 10.6. The van der Waals surface area contributed by atoms with Gasteiger partial charge in [0.05, 0.1) is 25.0 Å². The number of aliphatic carboxylic acids is 2. The van der Waals surface area contributed by atoms with Crippen LogP contribution in [0.5, 0.6) is 0 Å². The Hall–Kier alpha value is -5.37. The van der Waals surface area contributed by atoms with Crippen molar-refractivity contribution in [3.63, 3.8) is 0 Å². The van der Waals surface area contributed by atoms with Crippen LogP contribution < -0.4 is 4.57 Å². The lowest BCUT2D eigenvalue weighted by molar-refractivity contribution is -0.669. The maximum atomic E-state index is 11.1. The molecule has 6 rings (SSSR count). The van der Waals surface area contributed by atoms with Crippen LogP contribution in [0.3, 0.4) is 0 Å². The molecule has 0 amide bonds. The number of aromatic nitrogens is 1. The number of fused-ring (bicyclic) bond motifs is 2. The van der Waals surface area contributed by atoms with Gasteiger partial charge in [-0.3, -0.25) is 9.59 Å². The number of benzene rings is 3. The molecule has 2 unspecified atom stereocenters. The van der Waals surface area contributed by atoms with Crippen LogP contribution in [0.2, 0.25) is 0 Å². The molecule has 3 aromatic carbocycles. The summed E-state index contributed by atoms with van der Waals surface area (Å²) >= 11 is 0. The predicted molar refractivity (Wildman–Crippen MR) is 161 cm³/mol. The maximum Gasteiger partial charge on any atom is 0.374 e. The summed E-state index contributed by atoms with van der Waals surface area (Å²) in [5, 5.41) is 18.2. The first-order valence-corrected chi connectivity index (χ1v) is 14.1. The highest BCUT2D eigenvalue weighted by molar-refractivity contribution is 5.71. The molecule has 216 valence electrons. The molecule has 0 bridgehead atoms. The Bertz CT molecular complexity index is 1760. The van der Waals surface area contributed by atoms with E-state index in [0.29, 0.717) is 19.0 Å². The summed E-state index contributed by atoms with van der Waals surface area (Å²) in [5.41, 5.74) is 5.33. The fraction of sp³-hybridized carbons (Fsp3) is 0.171. The van der Waals surface area contributed by atoms with E-state index in [1.807, 2.05) is 109 Å². The zero-order valence-corrected chi connectivity index (χ0v) is 23.4. The normalized spacial score (nSPS) is 18.4. The number of carboxylic acids is 2. The largest absolute Gasteiger partial charge is 0.481 e. The van der Waals surface area contributed by atoms with Gasteiger partial charge in [0.15, 0.2) is 12.4 Å². The third-order valence-corrected chi connectivity index (χ3v) is 7.52. The maximum absolute atomic E-state index is 11.1. The Morgan fingerprint density at radius 3 is 2.14 bits per heavy atom. The van der Waals surface area contributed by atoms with Crippen molar-refractivity contribution in [2.45, 2.75) is 38.1 Å². The molecule has 0 spiro atoms.